The highest BCUT2D eigenvalue weighted by Gasteiger charge is 2.20. The molecule has 0 aliphatic heterocycles. The highest BCUT2D eigenvalue weighted by molar-refractivity contribution is 5.37. The Kier molecular flexibility index (Phi) is 4.39. The highest BCUT2D eigenvalue weighted by Crippen LogP contribution is 2.29. The number of benzene rings is 1. The van der Waals surface area contributed by atoms with Crippen LogP contribution in [0.1, 0.15) is 36.2 Å². The second kappa shape index (κ2) is 6.05. The van der Waals surface area contributed by atoms with Crippen LogP contribution in [0.4, 0.5) is 4.39 Å². The molecule has 0 fully saturated rings. The Morgan fingerprint density at radius 2 is 2.20 bits per heavy atom. The Labute approximate surface area is 118 Å². The number of aromatic nitrogens is 2. The van der Waals surface area contributed by atoms with E-state index in [0.29, 0.717) is 16.9 Å². The Morgan fingerprint density at radius 3 is 2.80 bits per heavy atom. The summed E-state index contributed by atoms with van der Waals surface area (Å²) >= 11 is 0. The molecule has 0 aliphatic carbocycles. The fourth-order valence-corrected chi connectivity index (χ4v) is 2.20. The highest BCUT2D eigenvalue weighted by atomic mass is 19.1. The van der Waals surface area contributed by atoms with E-state index in [1.165, 1.54) is 6.07 Å². The van der Waals surface area contributed by atoms with Crippen molar-refractivity contribution in [2.45, 2.75) is 32.9 Å². The molecule has 0 radical (unpaired) electrons. The molecule has 2 rings (SSSR count). The van der Waals surface area contributed by atoms with Crippen LogP contribution in [0, 0.1) is 12.7 Å². The van der Waals surface area contributed by atoms with Crippen LogP contribution in [-0.4, -0.2) is 16.9 Å². The Morgan fingerprint density at radius 1 is 1.45 bits per heavy atom. The summed E-state index contributed by atoms with van der Waals surface area (Å²) in [5.41, 5.74) is 8.37. The van der Waals surface area contributed by atoms with Crippen LogP contribution in [0.2, 0.25) is 0 Å². The minimum Gasteiger partial charge on any atom is -0.493 e. The van der Waals surface area contributed by atoms with E-state index >= 15 is 0 Å². The van der Waals surface area contributed by atoms with Crippen molar-refractivity contribution >= 4 is 0 Å². The Bertz CT molecular complexity index is 595. The summed E-state index contributed by atoms with van der Waals surface area (Å²) in [6.45, 7) is 4.54. The van der Waals surface area contributed by atoms with E-state index in [0.717, 1.165) is 18.7 Å². The fraction of sp³-hybridized carbons (Fsp3) is 0.400. The number of rotatable bonds is 5. The summed E-state index contributed by atoms with van der Waals surface area (Å²) in [6, 6.07) is 4.58. The third-order valence-corrected chi connectivity index (χ3v) is 3.35. The van der Waals surface area contributed by atoms with E-state index in [2.05, 4.69) is 12.0 Å². The second-order valence-corrected chi connectivity index (χ2v) is 4.81. The predicted octanol–water partition coefficient (Wildman–Crippen LogP) is 2.80. The van der Waals surface area contributed by atoms with Crippen molar-refractivity contribution in [3.63, 3.8) is 0 Å². The van der Waals surface area contributed by atoms with Crippen molar-refractivity contribution in [2.24, 2.45) is 5.73 Å². The molecule has 0 saturated carbocycles. The zero-order valence-electron chi connectivity index (χ0n) is 12.1. The van der Waals surface area contributed by atoms with Crippen LogP contribution in [0.3, 0.4) is 0 Å². The van der Waals surface area contributed by atoms with Crippen molar-refractivity contribution in [3.8, 4) is 5.75 Å². The molecular weight excluding hydrogens is 257 g/mol. The van der Waals surface area contributed by atoms with E-state index < -0.39 is 6.04 Å². The van der Waals surface area contributed by atoms with Crippen LogP contribution in [-0.2, 0) is 6.54 Å². The minimum absolute atomic E-state index is 0.251. The maximum Gasteiger partial charge on any atom is 0.161 e. The van der Waals surface area contributed by atoms with Crippen molar-refractivity contribution in [3.05, 3.63) is 47.0 Å². The molecule has 4 nitrogen and oxygen atoms in total. The lowest BCUT2D eigenvalue weighted by Gasteiger charge is -2.16. The molecule has 0 amide bonds. The zero-order valence-corrected chi connectivity index (χ0v) is 12.1. The average Bonchev–Trinajstić information content (AvgIpc) is 2.84. The summed E-state index contributed by atoms with van der Waals surface area (Å²) in [4.78, 5) is 0. The summed E-state index contributed by atoms with van der Waals surface area (Å²) in [6.07, 6.45) is 2.59. The molecule has 1 atom stereocenters. The largest absolute Gasteiger partial charge is 0.493 e. The van der Waals surface area contributed by atoms with Gasteiger partial charge in [-0.2, -0.15) is 5.10 Å². The van der Waals surface area contributed by atoms with E-state index in [4.69, 9.17) is 10.5 Å². The van der Waals surface area contributed by atoms with Gasteiger partial charge in [0.15, 0.2) is 5.75 Å². The van der Waals surface area contributed by atoms with Gasteiger partial charge in [0, 0.05) is 6.54 Å². The number of ether oxygens (including phenoxy) is 1. The molecule has 0 spiro atoms. The molecule has 1 aromatic carbocycles. The maximum atomic E-state index is 13.7. The first-order valence-corrected chi connectivity index (χ1v) is 6.69. The molecule has 2 aromatic rings. The minimum atomic E-state index is -0.464. The number of aryl methyl sites for hydroxylation is 2. The van der Waals surface area contributed by atoms with Crippen LogP contribution in [0.25, 0.3) is 0 Å². The van der Waals surface area contributed by atoms with Gasteiger partial charge in [-0.25, -0.2) is 4.39 Å². The lowest BCUT2D eigenvalue weighted by molar-refractivity contribution is 0.404. The molecular formula is C15H20FN3O. The number of nitrogens with zero attached hydrogens (tertiary/aromatic N) is 2. The third kappa shape index (κ3) is 2.67. The van der Waals surface area contributed by atoms with Crippen molar-refractivity contribution in [1.29, 1.82) is 0 Å². The molecule has 2 N–H and O–H groups in total. The molecule has 1 heterocycles. The van der Waals surface area contributed by atoms with E-state index in [1.54, 1.807) is 26.3 Å². The molecule has 0 bridgehead atoms. The Hall–Kier alpha value is -1.88. The first kappa shape index (κ1) is 14.5. The van der Waals surface area contributed by atoms with Gasteiger partial charge in [0.25, 0.3) is 0 Å². The summed E-state index contributed by atoms with van der Waals surface area (Å²) < 4.78 is 20.8. The van der Waals surface area contributed by atoms with Gasteiger partial charge in [0.1, 0.15) is 11.5 Å². The standard InChI is InChI=1S/C15H20FN3O/c1-4-7-19-15(13(20-3)9-18-19)14(17)11-6-5-10(2)12(16)8-11/h5-6,8-9,14H,4,7,17H2,1-3H3. The van der Waals surface area contributed by atoms with Crippen molar-refractivity contribution in [2.75, 3.05) is 7.11 Å². The third-order valence-electron chi connectivity index (χ3n) is 3.35. The molecule has 1 unspecified atom stereocenters. The van der Waals surface area contributed by atoms with Gasteiger partial charge in [-0.1, -0.05) is 19.1 Å². The van der Waals surface area contributed by atoms with E-state index in [9.17, 15) is 4.39 Å². The molecule has 0 aliphatic rings. The topological polar surface area (TPSA) is 53.1 Å². The number of halogens is 1. The number of hydrogen-bond donors (Lipinski definition) is 1. The summed E-state index contributed by atoms with van der Waals surface area (Å²) in [5, 5.41) is 4.28. The van der Waals surface area contributed by atoms with Crippen LogP contribution >= 0.6 is 0 Å². The summed E-state index contributed by atoms with van der Waals surface area (Å²) in [5.74, 6) is 0.380. The Balaban J connectivity index is 2.43. The smallest absolute Gasteiger partial charge is 0.161 e. The molecule has 5 heteroatoms. The SMILES string of the molecule is CCCn1ncc(OC)c1C(N)c1ccc(C)c(F)c1. The lowest BCUT2D eigenvalue weighted by Crippen LogP contribution is -2.18. The first-order chi connectivity index (χ1) is 9.58. The quantitative estimate of drug-likeness (QED) is 0.914. The van der Waals surface area contributed by atoms with Crippen LogP contribution in [0.5, 0.6) is 5.75 Å². The average molecular weight is 277 g/mol. The molecule has 0 saturated heterocycles. The van der Waals surface area contributed by atoms with Crippen LogP contribution in [0.15, 0.2) is 24.4 Å². The predicted molar refractivity (Wildman–Crippen MR) is 76.2 cm³/mol. The van der Waals surface area contributed by atoms with Crippen molar-refractivity contribution < 1.29 is 9.13 Å². The normalized spacial score (nSPS) is 12.4. The first-order valence-electron chi connectivity index (χ1n) is 6.69. The molecule has 108 valence electrons. The molecule has 20 heavy (non-hydrogen) atoms. The van der Waals surface area contributed by atoms with Gasteiger partial charge in [-0.05, 0) is 30.5 Å². The van der Waals surface area contributed by atoms with E-state index in [1.807, 2.05) is 10.7 Å². The van der Waals surface area contributed by atoms with Crippen molar-refractivity contribution in [1.82, 2.24) is 9.78 Å². The lowest BCUT2D eigenvalue weighted by atomic mass is 10.0. The summed E-state index contributed by atoms with van der Waals surface area (Å²) in [7, 11) is 1.58. The van der Waals surface area contributed by atoms with Gasteiger partial charge in [-0.15, -0.1) is 0 Å². The fourth-order valence-electron chi connectivity index (χ4n) is 2.20. The van der Waals surface area contributed by atoms with Crippen LogP contribution < -0.4 is 10.5 Å². The number of hydrogen-bond acceptors (Lipinski definition) is 3. The van der Waals surface area contributed by atoms with Gasteiger partial charge >= 0.3 is 0 Å². The van der Waals surface area contributed by atoms with Gasteiger partial charge in [0.2, 0.25) is 0 Å². The maximum absolute atomic E-state index is 13.7. The molecule has 1 aromatic heterocycles. The second-order valence-electron chi connectivity index (χ2n) is 4.81. The zero-order chi connectivity index (χ0) is 14.7. The number of nitrogens with two attached hydrogens (primary N) is 1. The van der Waals surface area contributed by atoms with Gasteiger partial charge in [-0.3, -0.25) is 4.68 Å². The monoisotopic (exact) mass is 277 g/mol. The van der Waals surface area contributed by atoms with Gasteiger partial charge < -0.3 is 10.5 Å². The number of methoxy groups -OCH3 is 1. The van der Waals surface area contributed by atoms with E-state index in [-0.39, 0.29) is 5.82 Å². The van der Waals surface area contributed by atoms with Gasteiger partial charge in [0.05, 0.1) is 19.3 Å².